The van der Waals surface area contributed by atoms with Crippen LogP contribution >= 0.6 is 0 Å². The summed E-state index contributed by atoms with van der Waals surface area (Å²) < 4.78 is 10.4. The largest absolute Gasteiger partial charge is 0.480 e. The zero-order chi connectivity index (χ0) is 16.0. The van der Waals surface area contributed by atoms with Crippen LogP contribution < -0.4 is 0 Å². The number of carboxylic acid groups (broad SMARTS) is 1. The highest BCUT2D eigenvalue weighted by Crippen LogP contribution is 2.25. The number of likely N-dealkylation sites (tertiary alicyclic amines) is 1. The van der Waals surface area contributed by atoms with Gasteiger partial charge in [-0.05, 0) is 12.8 Å². The second-order valence-electron chi connectivity index (χ2n) is 6.10. The summed E-state index contributed by atoms with van der Waals surface area (Å²) in [5, 5.41) is 8.63. The summed E-state index contributed by atoms with van der Waals surface area (Å²) >= 11 is 0. The van der Waals surface area contributed by atoms with Crippen LogP contribution in [0.4, 0.5) is 4.79 Å². The number of methoxy groups -OCH3 is 1. The van der Waals surface area contributed by atoms with Gasteiger partial charge in [0.2, 0.25) is 0 Å². The number of rotatable bonds is 8. The van der Waals surface area contributed by atoms with Gasteiger partial charge in [0.15, 0.2) is 0 Å². The lowest BCUT2D eigenvalue weighted by Crippen LogP contribution is -2.66. The molecule has 0 bridgehead atoms. The van der Waals surface area contributed by atoms with Crippen LogP contribution in [0.1, 0.15) is 20.8 Å². The molecule has 0 aliphatic carbocycles. The molecule has 1 fully saturated rings. The summed E-state index contributed by atoms with van der Waals surface area (Å²) in [5.41, 5.74) is -0.557. The molecule has 0 aromatic carbocycles. The quantitative estimate of drug-likeness (QED) is 0.720. The molecule has 1 rings (SSSR count). The van der Waals surface area contributed by atoms with Gasteiger partial charge in [-0.2, -0.15) is 0 Å². The summed E-state index contributed by atoms with van der Waals surface area (Å²) in [7, 11) is 1.61. The van der Waals surface area contributed by atoms with Gasteiger partial charge in [0.05, 0.1) is 19.7 Å². The third-order valence-corrected chi connectivity index (χ3v) is 3.29. The van der Waals surface area contributed by atoms with Gasteiger partial charge in [-0.3, -0.25) is 0 Å². The van der Waals surface area contributed by atoms with E-state index in [9.17, 15) is 9.59 Å². The zero-order valence-corrected chi connectivity index (χ0v) is 13.3. The maximum Gasteiger partial charge on any atom is 0.329 e. The Morgan fingerprint density at radius 2 is 2.00 bits per heavy atom. The van der Waals surface area contributed by atoms with Crippen molar-refractivity contribution >= 4 is 12.0 Å². The van der Waals surface area contributed by atoms with Crippen molar-refractivity contribution in [2.75, 3.05) is 46.5 Å². The summed E-state index contributed by atoms with van der Waals surface area (Å²) in [6.45, 7) is 8.16. The average molecular weight is 302 g/mol. The number of amides is 2. The van der Waals surface area contributed by atoms with Crippen LogP contribution in [-0.4, -0.2) is 79.0 Å². The molecule has 1 N–H and O–H groups in total. The molecule has 0 radical (unpaired) electrons. The van der Waals surface area contributed by atoms with Crippen LogP contribution in [-0.2, 0) is 14.3 Å². The molecule has 21 heavy (non-hydrogen) atoms. The number of urea groups is 1. The van der Waals surface area contributed by atoms with E-state index < -0.39 is 11.6 Å². The minimum atomic E-state index is -0.998. The van der Waals surface area contributed by atoms with Gasteiger partial charge in [-0.15, -0.1) is 0 Å². The number of hydrogen-bond donors (Lipinski definition) is 1. The Hall–Kier alpha value is -1.34. The van der Waals surface area contributed by atoms with Crippen LogP contribution in [0, 0.1) is 5.92 Å². The van der Waals surface area contributed by atoms with E-state index in [2.05, 4.69) is 13.8 Å². The number of carboxylic acids is 1. The first-order chi connectivity index (χ1) is 9.77. The molecule has 1 aliphatic rings. The van der Waals surface area contributed by atoms with Crippen molar-refractivity contribution in [3.63, 3.8) is 0 Å². The average Bonchev–Trinajstić information content (AvgIpc) is 2.36. The Labute approximate surface area is 125 Å². The molecule has 0 atom stereocenters. The van der Waals surface area contributed by atoms with Gasteiger partial charge in [-0.1, -0.05) is 13.8 Å². The van der Waals surface area contributed by atoms with E-state index in [1.54, 1.807) is 16.9 Å². The molecule has 0 saturated carbocycles. The predicted molar refractivity (Wildman–Crippen MR) is 77.2 cm³/mol. The van der Waals surface area contributed by atoms with Gasteiger partial charge in [-0.25, -0.2) is 9.59 Å². The van der Waals surface area contributed by atoms with Crippen molar-refractivity contribution in [2.45, 2.75) is 26.4 Å². The van der Waals surface area contributed by atoms with Crippen LogP contribution in [0.3, 0.4) is 0 Å². The summed E-state index contributed by atoms with van der Waals surface area (Å²) in [4.78, 5) is 26.4. The molecule has 1 heterocycles. The van der Waals surface area contributed by atoms with Crippen LogP contribution in [0.2, 0.25) is 0 Å². The van der Waals surface area contributed by atoms with Crippen molar-refractivity contribution in [1.82, 2.24) is 9.80 Å². The number of nitrogens with zero attached hydrogens (tertiary/aromatic N) is 2. The number of aliphatic carboxylic acids is 1. The van der Waals surface area contributed by atoms with E-state index in [-0.39, 0.29) is 12.6 Å². The maximum atomic E-state index is 12.4. The van der Waals surface area contributed by atoms with Crippen molar-refractivity contribution in [1.29, 1.82) is 0 Å². The topological polar surface area (TPSA) is 79.3 Å². The third kappa shape index (κ3) is 5.51. The molecule has 0 aromatic rings. The maximum absolute atomic E-state index is 12.4. The molecule has 0 unspecified atom stereocenters. The molecule has 0 spiro atoms. The standard InChI is InChI=1S/C14H26N2O5/c1-11(2)7-15(5-6-20-4)13(19)16-9-14(3,10-16)21-8-12(17)18/h11H,5-10H2,1-4H3,(H,17,18). The number of hydrogen-bond acceptors (Lipinski definition) is 4. The highest BCUT2D eigenvalue weighted by molar-refractivity contribution is 5.76. The van der Waals surface area contributed by atoms with Crippen LogP contribution in [0.5, 0.6) is 0 Å². The van der Waals surface area contributed by atoms with Crippen molar-refractivity contribution < 1.29 is 24.2 Å². The third-order valence-electron chi connectivity index (χ3n) is 3.29. The van der Waals surface area contributed by atoms with Crippen LogP contribution in [0.25, 0.3) is 0 Å². The first kappa shape index (κ1) is 17.7. The fraction of sp³-hybridized carbons (Fsp3) is 0.857. The van der Waals surface area contributed by atoms with E-state index in [1.807, 2.05) is 6.92 Å². The number of carbonyl (C=O) groups is 2. The van der Waals surface area contributed by atoms with Gasteiger partial charge in [0, 0.05) is 20.2 Å². The van der Waals surface area contributed by atoms with E-state index >= 15 is 0 Å². The van der Waals surface area contributed by atoms with Gasteiger partial charge in [0.1, 0.15) is 12.2 Å². The second-order valence-corrected chi connectivity index (χ2v) is 6.10. The Bertz CT molecular complexity index is 366. The Morgan fingerprint density at radius 3 is 2.48 bits per heavy atom. The lowest BCUT2D eigenvalue weighted by Gasteiger charge is -2.48. The van der Waals surface area contributed by atoms with E-state index in [4.69, 9.17) is 14.6 Å². The highest BCUT2D eigenvalue weighted by Gasteiger charge is 2.44. The number of carbonyl (C=O) groups excluding carboxylic acids is 1. The summed E-state index contributed by atoms with van der Waals surface area (Å²) in [6, 6.07) is -0.0443. The minimum Gasteiger partial charge on any atom is -0.480 e. The Balaban J connectivity index is 2.48. The van der Waals surface area contributed by atoms with E-state index in [0.29, 0.717) is 38.7 Å². The monoisotopic (exact) mass is 302 g/mol. The lowest BCUT2D eigenvalue weighted by molar-refractivity contribution is -0.160. The van der Waals surface area contributed by atoms with Crippen molar-refractivity contribution in [2.24, 2.45) is 5.92 Å². The fourth-order valence-corrected chi connectivity index (χ4v) is 2.33. The van der Waals surface area contributed by atoms with E-state index in [1.165, 1.54) is 0 Å². The van der Waals surface area contributed by atoms with Crippen molar-refractivity contribution in [3.05, 3.63) is 0 Å². The zero-order valence-electron chi connectivity index (χ0n) is 13.3. The van der Waals surface area contributed by atoms with Crippen molar-refractivity contribution in [3.8, 4) is 0 Å². The first-order valence-electron chi connectivity index (χ1n) is 7.16. The lowest BCUT2D eigenvalue weighted by atomic mass is 9.97. The molecule has 1 aliphatic heterocycles. The molecular formula is C14H26N2O5. The predicted octanol–water partition coefficient (Wildman–Crippen LogP) is 0.886. The first-order valence-corrected chi connectivity index (χ1v) is 7.16. The van der Waals surface area contributed by atoms with Gasteiger partial charge in [0.25, 0.3) is 0 Å². The normalized spacial score (nSPS) is 16.7. The minimum absolute atomic E-state index is 0.0443. The fourth-order valence-electron chi connectivity index (χ4n) is 2.33. The second kappa shape index (κ2) is 7.61. The van der Waals surface area contributed by atoms with Gasteiger partial charge < -0.3 is 24.4 Å². The summed E-state index contributed by atoms with van der Waals surface area (Å²) in [6.07, 6.45) is 0. The molecular weight excluding hydrogens is 276 g/mol. The molecule has 7 nitrogen and oxygen atoms in total. The Kier molecular flexibility index (Phi) is 6.42. The summed E-state index contributed by atoms with van der Waals surface area (Å²) in [5.74, 6) is -0.621. The molecule has 122 valence electrons. The van der Waals surface area contributed by atoms with E-state index in [0.717, 1.165) is 0 Å². The molecule has 0 aromatic heterocycles. The van der Waals surface area contributed by atoms with Crippen LogP contribution in [0.15, 0.2) is 0 Å². The molecule has 2 amide bonds. The SMILES string of the molecule is COCCN(CC(C)C)C(=O)N1CC(C)(OCC(=O)O)C1. The smallest absolute Gasteiger partial charge is 0.329 e. The molecule has 7 heteroatoms. The van der Waals surface area contributed by atoms with Gasteiger partial charge >= 0.3 is 12.0 Å². The number of ether oxygens (including phenoxy) is 2. The Morgan fingerprint density at radius 1 is 1.38 bits per heavy atom. The molecule has 1 saturated heterocycles. The highest BCUT2D eigenvalue weighted by atomic mass is 16.5.